The SMILES string of the molecule is C#CC1(Cl)C(CO)[C@@H](COP(=O)(O)OP(=O)(O)OP(=O)(O)O)O[C@H]1n1cnc(=O)[nH]c1=O. The monoisotopic (exact) mass is 541 g/mol. The molecular weight excluding hydrogens is 527 g/mol. The van der Waals surface area contributed by atoms with Crippen molar-refractivity contribution in [2.45, 2.75) is 17.2 Å². The Bertz CT molecular complexity index is 1160. The van der Waals surface area contributed by atoms with E-state index in [1.54, 1.807) is 0 Å². The number of alkyl halides is 1. The first-order valence-electron chi connectivity index (χ1n) is 7.92. The molecule has 2 heterocycles. The zero-order chi connectivity index (χ0) is 24.5. The lowest BCUT2D eigenvalue weighted by Gasteiger charge is -2.27. The summed E-state index contributed by atoms with van der Waals surface area (Å²) in [6.45, 7) is -1.80. The van der Waals surface area contributed by atoms with Crippen molar-refractivity contribution in [1.82, 2.24) is 14.5 Å². The fourth-order valence-electron chi connectivity index (χ4n) is 2.66. The van der Waals surface area contributed by atoms with Gasteiger partial charge in [-0.05, 0) is 0 Å². The number of aromatic amines is 1. The Morgan fingerprint density at radius 1 is 1.25 bits per heavy atom. The van der Waals surface area contributed by atoms with E-state index in [9.17, 15) is 33.3 Å². The first kappa shape index (κ1) is 27.0. The van der Waals surface area contributed by atoms with Gasteiger partial charge in [0.05, 0.1) is 19.3 Å². The Morgan fingerprint density at radius 2 is 1.88 bits per heavy atom. The van der Waals surface area contributed by atoms with Crippen LogP contribution in [0.3, 0.4) is 0 Å². The average Bonchev–Trinajstić information content (AvgIpc) is 2.89. The van der Waals surface area contributed by atoms with E-state index in [1.165, 1.54) is 0 Å². The van der Waals surface area contributed by atoms with Crippen LogP contribution in [-0.2, 0) is 31.6 Å². The number of phosphoric ester groups is 1. The van der Waals surface area contributed by atoms with E-state index in [4.69, 9.17) is 37.4 Å². The van der Waals surface area contributed by atoms with E-state index in [1.807, 2.05) is 4.98 Å². The van der Waals surface area contributed by atoms with E-state index >= 15 is 0 Å². The van der Waals surface area contributed by atoms with Gasteiger partial charge in [-0.15, -0.1) is 6.42 Å². The summed E-state index contributed by atoms with van der Waals surface area (Å²) in [6, 6.07) is 0. The minimum Gasteiger partial charge on any atom is -0.396 e. The highest BCUT2D eigenvalue weighted by molar-refractivity contribution is 7.66. The number of aliphatic hydroxyl groups is 1. The highest BCUT2D eigenvalue weighted by Gasteiger charge is 2.56. The molecule has 0 aliphatic carbocycles. The molecule has 0 aromatic carbocycles. The van der Waals surface area contributed by atoms with Crippen LogP contribution in [0.25, 0.3) is 0 Å². The number of hydrogen-bond donors (Lipinski definition) is 6. The first-order chi connectivity index (χ1) is 14.5. The number of rotatable bonds is 9. The van der Waals surface area contributed by atoms with Gasteiger partial charge in [0.2, 0.25) is 0 Å². The van der Waals surface area contributed by atoms with Crippen molar-refractivity contribution in [3.05, 3.63) is 27.3 Å². The van der Waals surface area contributed by atoms with Crippen LogP contribution in [0, 0.1) is 18.3 Å². The second-order valence-corrected chi connectivity index (χ2v) is 11.0. The summed E-state index contributed by atoms with van der Waals surface area (Å²) >= 11 is 6.35. The molecule has 0 amide bonds. The van der Waals surface area contributed by atoms with Gasteiger partial charge < -0.3 is 29.4 Å². The van der Waals surface area contributed by atoms with E-state index in [-0.39, 0.29) is 0 Å². The zero-order valence-corrected chi connectivity index (χ0v) is 18.8. The maximum atomic E-state index is 12.0. The van der Waals surface area contributed by atoms with Crippen LogP contribution in [0.1, 0.15) is 6.23 Å². The van der Waals surface area contributed by atoms with Gasteiger partial charge in [0.1, 0.15) is 6.33 Å². The fraction of sp³-hybridized carbons (Fsp3) is 0.545. The molecule has 21 heteroatoms. The molecule has 1 aromatic heterocycles. The third-order valence-electron chi connectivity index (χ3n) is 3.89. The summed E-state index contributed by atoms with van der Waals surface area (Å²) < 4.78 is 51.6. The van der Waals surface area contributed by atoms with Crippen molar-refractivity contribution in [2.75, 3.05) is 13.2 Å². The van der Waals surface area contributed by atoms with E-state index < -0.39 is 71.2 Å². The predicted molar refractivity (Wildman–Crippen MR) is 101 cm³/mol. The molecule has 6 atom stereocenters. The van der Waals surface area contributed by atoms with E-state index in [0.717, 1.165) is 6.33 Å². The smallest absolute Gasteiger partial charge is 0.396 e. The normalized spacial score (nSPS) is 29.7. The van der Waals surface area contributed by atoms with Gasteiger partial charge in [-0.1, -0.05) is 17.5 Å². The molecular formula is C11H15ClN3O14P3. The summed E-state index contributed by atoms with van der Waals surface area (Å²) in [7, 11) is -16.9. The van der Waals surface area contributed by atoms with E-state index in [2.05, 4.69) is 24.0 Å². The molecule has 1 aliphatic rings. The minimum absolute atomic E-state index is 0.682. The Morgan fingerprint density at radius 3 is 2.38 bits per heavy atom. The molecule has 4 unspecified atom stereocenters. The van der Waals surface area contributed by atoms with Gasteiger partial charge in [-0.2, -0.15) is 13.6 Å². The van der Waals surface area contributed by atoms with Crippen LogP contribution in [0.2, 0.25) is 0 Å². The molecule has 0 bridgehead atoms. The number of phosphoric acid groups is 3. The third-order valence-corrected chi connectivity index (χ3v) is 8.27. The molecule has 0 spiro atoms. The standard InChI is InChI=1S/C11H15ClN3O14P3/c1-2-11(12)6(3-16)7(27-8(11)15-5-13-9(17)14-10(15)18)4-26-31(22,23)29-32(24,25)28-30(19,20)21/h1,5-8,16H,3-4H2,(H,22,23)(H,24,25)(H,14,17,18)(H2,19,20,21)/t6?,7-,8-,11?/m1/s1. The average molecular weight is 542 g/mol. The van der Waals surface area contributed by atoms with Crippen LogP contribution in [-0.4, -0.2) is 63.4 Å². The molecule has 17 nitrogen and oxygen atoms in total. The summed E-state index contributed by atoms with van der Waals surface area (Å²) in [6.07, 6.45) is 3.15. The maximum Gasteiger partial charge on any atom is 0.490 e. The highest BCUT2D eigenvalue weighted by atomic mass is 35.5. The summed E-state index contributed by atoms with van der Waals surface area (Å²) in [5.41, 5.74) is -2.03. The molecule has 1 aromatic rings. The quantitative estimate of drug-likeness (QED) is 0.117. The zero-order valence-electron chi connectivity index (χ0n) is 15.3. The molecule has 1 aliphatic heterocycles. The molecule has 1 saturated heterocycles. The number of halogens is 1. The number of H-pyrrole nitrogens is 1. The number of nitrogens with zero attached hydrogens (tertiary/aromatic N) is 2. The van der Waals surface area contributed by atoms with Gasteiger partial charge in [0.25, 0.3) is 0 Å². The van der Waals surface area contributed by atoms with Crippen LogP contribution in [0.5, 0.6) is 0 Å². The number of hydrogen-bond acceptors (Lipinski definition) is 11. The predicted octanol–water partition coefficient (Wildman–Crippen LogP) is -1.61. The number of terminal acetylenes is 1. The van der Waals surface area contributed by atoms with Crippen molar-refractivity contribution in [3.63, 3.8) is 0 Å². The summed E-state index contributed by atoms with van der Waals surface area (Å²) in [5.74, 6) is 0.841. The molecule has 1 fully saturated rings. The first-order valence-corrected chi connectivity index (χ1v) is 12.8. The Hall–Kier alpha value is -1.21. The highest BCUT2D eigenvalue weighted by Crippen LogP contribution is 2.66. The van der Waals surface area contributed by atoms with Gasteiger partial charge in [-0.3, -0.25) is 14.1 Å². The number of ether oxygens (including phenoxy) is 1. The largest absolute Gasteiger partial charge is 0.490 e. The topological polar surface area (TPSA) is 257 Å². The summed E-state index contributed by atoms with van der Waals surface area (Å²) in [5, 5.41) is 9.69. The number of nitrogens with one attached hydrogen (secondary N) is 1. The van der Waals surface area contributed by atoms with Gasteiger partial charge in [-0.25, -0.2) is 23.3 Å². The van der Waals surface area contributed by atoms with Crippen molar-refractivity contribution in [2.24, 2.45) is 5.92 Å². The molecule has 180 valence electrons. The molecule has 0 saturated carbocycles. The van der Waals surface area contributed by atoms with Gasteiger partial charge in [0.15, 0.2) is 11.1 Å². The summed E-state index contributed by atoms with van der Waals surface area (Å²) in [4.78, 5) is 62.1. The van der Waals surface area contributed by atoms with Gasteiger partial charge in [0, 0.05) is 5.92 Å². The Kier molecular flexibility index (Phi) is 8.09. The maximum absolute atomic E-state index is 12.0. The van der Waals surface area contributed by atoms with Crippen LogP contribution in [0.4, 0.5) is 0 Å². The molecule has 32 heavy (non-hydrogen) atoms. The lowest BCUT2D eigenvalue weighted by atomic mass is 9.89. The molecule has 0 radical (unpaired) electrons. The van der Waals surface area contributed by atoms with Crippen molar-refractivity contribution < 1.29 is 56.3 Å². The molecule has 2 rings (SSSR count). The third kappa shape index (κ3) is 6.43. The lowest BCUT2D eigenvalue weighted by molar-refractivity contribution is -0.0379. The van der Waals surface area contributed by atoms with E-state index in [0.29, 0.717) is 4.57 Å². The van der Waals surface area contributed by atoms with Crippen LogP contribution < -0.4 is 11.4 Å². The second kappa shape index (κ2) is 9.57. The van der Waals surface area contributed by atoms with Crippen LogP contribution in [0.15, 0.2) is 15.9 Å². The lowest BCUT2D eigenvalue weighted by Crippen LogP contribution is -2.43. The fourth-order valence-corrected chi connectivity index (χ4v) is 6.05. The second-order valence-electron chi connectivity index (χ2n) is 6.00. The molecule has 6 N–H and O–H groups in total. The van der Waals surface area contributed by atoms with Crippen molar-refractivity contribution in [1.29, 1.82) is 0 Å². The Labute approximate surface area is 182 Å². The van der Waals surface area contributed by atoms with Gasteiger partial charge >= 0.3 is 34.8 Å². The van der Waals surface area contributed by atoms with Crippen molar-refractivity contribution in [3.8, 4) is 12.3 Å². The number of aliphatic hydroxyl groups excluding tert-OH is 1. The van der Waals surface area contributed by atoms with Crippen molar-refractivity contribution >= 4 is 35.1 Å². The Balaban J connectivity index is 2.24. The van der Waals surface area contributed by atoms with Crippen LogP contribution >= 0.6 is 35.1 Å². The minimum atomic E-state index is -5.76. The number of aromatic nitrogens is 3.